The second-order valence-electron chi connectivity index (χ2n) is 8.42. The van der Waals surface area contributed by atoms with Crippen LogP contribution in [-0.2, 0) is 25.7 Å². The van der Waals surface area contributed by atoms with Crippen molar-refractivity contribution in [3.8, 4) is 11.8 Å². The molecule has 164 valence electrons. The maximum atomic E-state index is 15.2. The third-order valence-corrected chi connectivity index (χ3v) is 6.09. The molecule has 0 spiro atoms. The summed E-state index contributed by atoms with van der Waals surface area (Å²) in [6.07, 6.45) is 6.47. The average molecular weight is 433 g/mol. The van der Waals surface area contributed by atoms with Crippen LogP contribution in [0.25, 0.3) is 10.8 Å². The van der Waals surface area contributed by atoms with Crippen LogP contribution in [0.5, 0.6) is 0 Å². The first-order valence-corrected chi connectivity index (χ1v) is 11.7. The summed E-state index contributed by atoms with van der Waals surface area (Å²) in [5, 5.41) is 1.54. The van der Waals surface area contributed by atoms with E-state index in [1.807, 2.05) is 48.5 Å². The quantitative estimate of drug-likeness (QED) is 0.206. The Hall–Kier alpha value is -3.63. The maximum Gasteiger partial charge on any atom is 0.134 e. The highest BCUT2D eigenvalue weighted by molar-refractivity contribution is 5.85. The maximum absolute atomic E-state index is 15.2. The number of benzene rings is 4. The Morgan fingerprint density at radius 2 is 1.36 bits per heavy atom. The van der Waals surface area contributed by atoms with Crippen LogP contribution in [0, 0.1) is 17.7 Å². The van der Waals surface area contributed by atoms with Gasteiger partial charge in [-0.3, -0.25) is 0 Å². The third kappa shape index (κ3) is 5.79. The lowest BCUT2D eigenvalue weighted by Crippen LogP contribution is -1.96. The second kappa shape index (κ2) is 10.8. The zero-order chi connectivity index (χ0) is 23.0. The molecular weight excluding hydrogens is 403 g/mol. The van der Waals surface area contributed by atoms with Gasteiger partial charge in [-0.2, -0.15) is 0 Å². The Bertz CT molecular complexity index is 1300. The molecule has 0 fully saturated rings. The summed E-state index contributed by atoms with van der Waals surface area (Å²) in [6.45, 7) is 5.92. The molecule has 0 amide bonds. The lowest BCUT2D eigenvalue weighted by atomic mass is 9.98. The zero-order valence-electron chi connectivity index (χ0n) is 19.2. The van der Waals surface area contributed by atoms with Gasteiger partial charge in [-0.05, 0) is 84.0 Å². The Labute approximate surface area is 196 Å². The fraction of sp³-hybridized carbons (Fsp3) is 0.188. The van der Waals surface area contributed by atoms with E-state index in [2.05, 4.69) is 61.7 Å². The highest BCUT2D eigenvalue weighted by atomic mass is 19.1. The Balaban J connectivity index is 1.46. The molecule has 4 aromatic rings. The first-order chi connectivity index (χ1) is 16.2. The van der Waals surface area contributed by atoms with Crippen LogP contribution in [0.2, 0.25) is 0 Å². The van der Waals surface area contributed by atoms with Crippen molar-refractivity contribution < 1.29 is 4.39 Å². The smallest absolute Gasteiger partial charge is 0.134 e. The molecule has 1 heteroatoms. The van der Waals surface area contributed by atoms with E-state index in [0.29, 0.717) is 11.8 Å². The van der Waals surface area contributed by atoms with Crippen molar-refractivity contribution in [2.24, 2.45) is 0 Å². The van der Waals surface area contributed by atoms with E-state index in [1.165, 1.54) is 16.7 Å². The predicted octanol–water partition coefficient (Wildman–Crippen LogP) is 7.84. The minimum absolute atomic E-state index is 0.121. The van der Waals surface area contributed by atoms with E-state index in [9.17, 15) is 0 Å². The monoisotopic (exact) mass is 432 g/mol. The number of halogens is 1. The highest BCUT2D eigenvalue weighted by Crippen LogP contribution is 2.24. The van der Waals surface area contributed by atoms with Gasteiger partial charge in [0.25, 0.3) is 0 Å². The molecular formula is C32H29F. The number of rotatable bonds is 7. The van der Waals surface area contributed by atoms with Crippen molar-refractivity contribution >= 4 is 10.8 Å². The first-order valence-electron chi connectivity index (χ1n) is 11.7. The summed E-state index contributed by atoms with van der Waals surface area (Å²) in [7, 11) is 0. The van der Waals surface area contributed by atoms with Crippen LogP contribution in [0.3, 0.4) is 0 Å². The molecule has 0 bridgehead atoms. The van der Waals surface area contributed by atoms with Crippen LogP contribution >= 0.6 is 0 Å². The van der Waals surface area contributed by atoms with E-state index in [-0.39, 0.29) is 5.82 Å². The van der Waals surface area contributed by atoms with Gasteiger partial charge in [0.05, 0.1) is 0 Å². The fourth-order valence-corrected chi connectivity index (χ4v) is 4.00. The largest absolute Gasteiger partial charge is 0.206 e. The molecule has 0 N–H and O–H groups in total. The number of allylic oxidation sites excluding steroid dienone is 1. The molecule has 0 nitrogen and oxygen atoms in total. The molecule has 0 aliphatic rings. The van der Waals surface area contributed by atoms with Gasteiger partial charge in [0.1, 0.15) is 5.82 Å². The van der Waals surface area contributed by atoms with Gasteiger partial charge in [-0.25, -0.2) is 4.39 Å². The van der Waals surface area contributed by atoms with Crippen LogP contribution in [0.1, 0.15) is 46.7 Å². The first kappa shape index (κ1) is 22.6. The summed E-state index contributed by atoms with van der Waals surface area (Å²) < 4.78 is 15.2. The third-order valence-electron chi connectivity index (χ3n) is 6.09. The second-order valence-corrected chi connectivity index (χ2v) is 8.42. The molecule has 33 heavy (non-hydrogen) atoms. The Morgan fingerprint density at radius 3 is 2.06 bits per heavy atom. The van der Waals surface area contributed by atoms with Crippen molar-refractivity contribution in [1.82, 2.24) is 0 Å². The van der Waals surface area contributed by atoms with Gasteiger partial charge in [-0.1, -0.05) is 79.4 Å². The summed E-state index contributed by atoms with van der Waals surface area (Å²) in [6, 6.07) is 26.6. The average Bonchev–Trinajstić information content (AvgIpc) is 2.86. The molecule has 4 rings (SSSR count). The zero-order valence-corrected chi connectivity index (χ0v) is 19.2. The fourth-order valence-electron chi connectivity index (χ4n) is 4.00. The lowest BCUT2D eigenvalue weighted by Gasteiger charge is -2.08. The summed E-state index contributed by atoms with van der Waals surface area (Å²) in [5.74, 6) is 6.30. The topological polar surface area (TPSA) is 0 Å². The van der Waals surface area contributed by atoms with Crippen LogP contribution in [-0.4, -0.2) is 0 Å². The normalized spacial score (nSPS) is 10.6. The van der Waals surface area contributed by atoms with Gasteiger partial charge in [0, 0.05) is 16.5 Å². The van der Waals surface area contributed by atoms with Gasteiger partial charge < -0.3 is 0 Å². The van der Waals surface area contributed by atoms with Crippen LogP contribution in [0.15, 0.2) is 91.5 Å². The number of hydrogen-bond donors (Lipinski definition) is 0. The molecule has 0 unspecified atom stereocenters. The molecule has 0 saturated heterocycles. The molecule has 0 saturated carbocycles. The molecule has 0 atom stereocenters. The van der Waals surface area contributed by atoms with Gasteiger partial charge in [0.2, 0.25) is 0 Å². The van der Waals surface area contributed by atoms with Crippen LogP contribution < -0.4 is 0 Å². The Kier molecular flexibility index (Phi) is 7.38. The minimum Gasteiger partial charge on any atom is -0.206 e. The SMILES string of the molecule is C=CCCc1ccc(CCc2ccc3cc(C#Cc4ccc(CC)cc4)ccc3c2F)cc1. The number of hydrogen-bond acceptors (Lipinski definition) is 0. The van der Waals surface area contributed by atoms with E-state index >= 15 is 4.39 Å². The van der Waals surface area contributed by atoms with Crippen LogP contribution in [0.4, 0.5) is 4.39 Å². The van der Waals surface area contributed by atoms with Crippen molar-refractivity contribution in [1.29, 1.82) is 0 Å². The van der Waals surface area contributed by atoms with Crippen molar-refractivity contribution in [3.63, 3.8) is 0 Å². The highest BCUT2D eigenvalue weighted by Gasteiger charge is 2.08. The summed E-state index contributed by atoms with van der Waals surface area (Å²) >= 11 is 0. The van der Waals surface area contributed by atoms with Gasteiger partial charge >= 0.3 is 0 Å². The number of fused-ring (bicyclic) bond motifs is 1. The number of aryl methyl sites for hydroxylation is 4. The van der Waals surface area contributed by atoms with Crippen molar-refractivity contribution in [2.75, 3.05) is 0 Å². The molecule has 0 aromatic heterocycles. The molecule has 0 heterocycles. The van der Waals surface area contributed by atoms with E-state index < -0.39 is 0 Å². The van der Waals surface area contributed by atoms with Crippen molar-refractivity contribution in [2.45, 2.75) is 39.0 Å². The van der Waals surface area contributed by atoms with E-state index in [1.54, 1.807) is 0 Å². The lowest BCUT2D eigenvalue weighted by molar-refractivity contribution is 0.620. The van der Waals surface area contributed by atoms with Gasteiger partial charge in [-0.15, -0.1) is 6.58 Å². The summed E-state index contributed by atoms with van der Waals surface area (Å²) in [4.78, 5) is 0. The van der Waals surface area contributed by atoms with Gasteiger partial charge in [0.15, 0.2) is 0 Å². The molecule has 0 radical (unpaired) electrons. The molecule has 0 aliphatic carbocycles. The predicted molar refractivity (Wildman–Crippen MR) is 138 cm³/mol. The Morgan fingerprint density at radius 1 is 0.727 bits per heavy atom. The summed E-state index contributed by atoms with van der Waals surface area (Å²) in [5.41, 5.74) is 6.49. The van der Waals surface area contributed by atoms with E-state index in [0.717, 1.165) is 47.8 Å². The van der Waals surface area contributed by atoms with Crippen molar-refractivity contribution in [3.05, 3.63) is 131 Å². The standard InChI is InChI=1S/C32H29F/c1-3-5-6-25-11-13-27(14-12-25)17-19-29-20-21-30-23-28(18-22-31(30)32(29)33)16-15-26-9-7-24(4-2)8-10-26/h3,7-14,18,20-23H,1,4-6,17,19H2,2H3. The molecule has 0 aliphatic heterocycles. The van der Waals surface area contributed by atoms with E-state index in [4.69, 9.17) is 0 Å². The molecule has 4 aromatic carbocycles. The minimum atomic E-state index is -0.121.